The molecule has 16 nitrogen and oxygen atoms in total. The normalized spacial score (nSPS) is 40.0. The van der Waals surface area contributed by atoms with Crippen LogP contribution in [0.1, 0.15) is 53.4 Å². The number of Topliss-reactive ketones (excluding diaryl/α,β-unsaturated/α-hetero) is 2. The molecule has 0 radical (unpaired) electrons. The highest BCUT2D eigenvalue weighted by Crippen LogP contribution is 2.56. The zero-order valence-corrected chi connectivity index (χ0v) is 25.3. The van der Waals surface area contributed by atoms with Crippen LogP contribution in [0.2, 0.25) is 0 Å². The molecule has 0 aromatic heterocycles. The Morgan fingerprint density at radius 3 is 1.25 bits per heavy atom. The van der Waals surface area contributed by atoms with E-state index in [-0.39, 0.29) is 52.1 Å². The molecule has 0 N–H and O–H groups in total. The average molecular weight is 623 g/mol. The van der Waals surface area contributed by atoms with Gasteiger partial charge in [-0.05, 0) is 27.7 Å². The molecule has 0 unspecified atom stereocenters. The number of carbonyl (C=O) groups excluding carboxylic acids is 8. The van der Waals surface area contributed by atoms with Gasteiger partial charge in [-0.3, -0.25) is 38.6 Å². The molecular formula is C28H34N2O14. The zero-order chi connectivity index (χ0) is 32.7. The minimum absolute atomic E-state index is 0.0901. The Morgan fingerprint density at radius 2 is 1.00 bits per heavy atom. The Kier molecular flexibility index (Phi) is 7.01. The van der Waals surface area contributed by atoms with Crippen LogP contribution in [0.4, 0.5) is 0 Å². The number of carbonyl (C=O) groups is 8. The Morgan fingerprint density at radius 1 is 0.659 bits per heavy atom. The van der Waals surface area contributed by atoms with Gasteiger partial charge in [-0.25, -0.2) is 9.59 Å². The van der Waals surface area contributed by atoms with Crippen LogP contribution >= 0.6 is 0 Å². The first kappa shape index (κ1) is 31.5. The Balaban J connectivity index is 0.000000175. The predicted octanol–water partition coefficient (Wildman–Crippen LogP) is -1.20. The minimum atomic E-state index is -1.59. The summed E-state index contributed by atoms with van der Waals surface area (Å²) in [6.45, 7) is 5.28. The monoisotopic (exact) mass is 622 g/mol. The summed E-state index contributed by atoms with van der Waals surface area (Å²) >= 11 is 0. The van der Waals surface area contributed by atoms with Crippen molar-refractivity contribution < 1.29 is 66.8 Å². The van der Waals surface area contributed by atoms with Gasteiger partial charge in [0.25, 0.3) is 0 Å². The van der Waals surface area contributed by atoms with E-state index in [2.05, 4.69) is 0 Å². The third-order valence-electron chi connectivity index (χ3n) is 10.0. The SMILES string of the molecule is COC(=O)[C@]12CO[C@@](C)(C(C)=O)N1C(=O)[C@@]1(CCOC1=O)C2.COC(=O)[C@]12CO[C@@](C)(C(C)=O)N1C(=O)[C@@]1(CCOC1=O)C2. The molecular weight excluding hydrogens is 588 g/mol. The van der Waals surface area contributed by atoms with Gasteiger partial charge in [0.2, 0.25) is 23.3 Å². The molecule has 6 atom stereocenters. The number of nitrogens with zero attached hydrogens (tertiary/aromatic N) is 2. The second-order valence-corrected chi connectivity index (χ2v) is 12.3. The van der Waals surface area contributed by atoms with E-state index in [1.807, 2.05) is 0 Å². The molecule has 6 aliphatic rings. The van der Waals surface area contributed by atoms with Gasteiger partial charge in [0.15, 0.2) is 33.5 Å². The molecule has 16 heteroatoms. The number of ether oxygens (including phenoxy) is 6. The molecule has 6 aliphatic heterocycles. The number of ketones is 2. The van der Waals surface area contributed by atoms with Crippen molar-refractivity contribution in [2.45, 2.75) is 75.9 Å². The molecule has 0 aromatic rings. The summed E-state index contributed by atoms with van der Waals surface area (Å²) in [7, 11) is 2.39. The number of methoxy groups -OCH3 is 2. The van der Waals surface area contributed by atoms with Crippen LogP contribution in [0.15, 0.2) is 0 Å². The predicted molar refractivity (Wildman–Crippen MR) is 139 cm³/mol. The van der Waals surface area contributed by atoms with Crippen LogP contribution < -0.4 is 0 Å². The number of esters is 4. The second-order valence-electron chi connectivity index (χ2n) is 12.3. The number of cyclic esters (lactones) is 2. The van der Waals surface area contributed by atoms with Crippen molar-refractivity contribution in [3.8, 4) is 0 Å². The fourth-order valence-electron chi connectivity index (χ4n) is 7.38. The Bertz CT molecular complexity index is 1310. The fourth-order valence-corrected chi connectivity index (χ4v) is 7.38. The van der Waals surface area contributed by atoms with Crippen LogP contribution in [0.5, 0.6) is 0 Å². The standard InChI is InChI=1S/2C14H17NO7/c2*1-8(16)12(2)15-9(17)13(4-5-21-10(13)18)6-14(15,7-22-12)11(19)20-3/h2*4-7H2,1-3H3/t2*12-,13+,14-/m00/s1. The number of fused-ring (bicyclic) bond motifs is 2. The van der Waals surface area contributed by atoms with E-state index < -0.39 is 80.6 Å². The summed E-state index contributed by atoms with van der Waals surface area (Å²) in [5.41, 5.74) is -8.94. The maximum absolute atomic E-state index is 13.0. The first-order valence-corrected chi connectivity index (χ1v) is 14.0. The number of rotatable bonds is 4. The van der Waals surface area contributed by atoms with E-state index in [0.717, 1.165) is 9.80 Å². The average Bonchev–Trinajstić information content (AvgIpc) is 3.79. The van der Waals surface area contributed by atoms with Gasteiger partial charge in [0.1, 0.15) is 0 Å². The van der Waals surface area contributed by atoms with Crippen molar-refractivity contribution >= 4 is 47.3 Å². The molecule has 6 fully saturated rings. The third kappa shape index (κ3) is 3.63. The van der Waals surface area contributed by atoms with E-state index in [4.69, 9.17) is 28.4 Å². The van der Waals surface area contributed by atoms with E-state index in [1.54, 1.807) is 0 Å². The van der Waals surface area contributed by atoms with Crippen molar-refractivity contribution in [2.75, 3.05) is 40.6 Å². The van der Waals surface area contributed by atoms with Gasteiger partial charge in [-0.15, -0.1) is 0 Å². The first-order valence-electron chi connectivity index (χ1n) is 14.0. The maximum Gasteiger partial charge on any atom is 0.334 e. The topological polar surface area (TPSA) is 198 Å². The smallest absolute Gasteiger partial charge is 0.334 e. The first-order chi connectivity index (χ1) is 20.5. The van der Waals surface area contributed by atoms with Gasteiger partial charge < -0.3 is 28.4 Å². The minimum Gasteiger partial charge on any atom is -0.467 e. The van der Waals surface area contributed by atoms with Gasteiger partial charge in [0.05, 0.1) is 40.6 Å². The lowest BCUT2D eigenvalue weighted by molar-refractivity contribution is -0.169. The summed E-state index contributed by atoms with van der Waals surface area (Å²) in [6, 6.07) is 0. The maximum atomic E-state index is 13.0. The number of amides is 2. The van der Waals surface area contributed by atoms with Crippen LogP contribution in [-0.2, 0) is 66.8 Å². The molecule has 6 saturated heterocycles. The summed E-state index contributed by atoms with van der Waals surface area (Å²) in [4.78, 5) is 101. The molecule has 2 amide bonds. The molecule has 6 heterocycles. The van der Waals surface area contributed by atoms with Crippen molar-refractivity contribution in [1.82, 2.24) is 9.80 Å². The fraction of sp³-hybridized carbons (Fsp3) is 0.714. The number of hydrogen-bond acceptors (Lipinski definition) is 14. The Hall–Kier alpha value is -3.92. The van der Waals surface area contributed by atoms with Gasteiger partial charge >= 0.3 is 23.9 Å². The van der Waals surface area contributed by atoms with Crippen molar-refractivity contribution in [3.63, 3.8) is 0 Å². The lowest BCUT2D eigenvalue weighted by Crippen LogP contribution is -2.59. The molecule has 44 heavy (non-hydrogen) atoms. The highest BCUT2D eigenvalue weighted by molar-refractivity contribution is 6.12. The zero-order valence-electron chi connectivity index (χ0n) is 25.3. The van der Waals surface area contributed by atoms with Gasteiger partial charge in [-0.1, -0.05) is 0 Å². The molecule has 0 aliphatic carbocycles. The van der Waals surface area contributed by atoms with Crippen LogP contribution in [0, 0.1) is 10.8 Å². The van der Waals surface area contributed by atoms with Gasteiger partial charge in [-0.2, -0.15) is 0 Å². The second kappa shape index (κ2) is 9.79. The molecule has 0 saturated carbocycles. The largest absolute Gasteiger partial charge is 0.467 e. The summed E-state index contributed by atoms with van der Waals surface area (Å²) < 4.78 is 30.6. The van der Waals surface area contributed by atoms with Crippen LogP contribution in [0.3, 0.4) is 0 Å². The lowest BCUT2D eigenvalue weighted by atomic mass is 9.79. The van der Waals surface area contributed by atoms with Crippen LogP contribution in [0.25, 0.3) is 0 Å². The van der Waals surface area contributed by atoms with E-state index >= 15 is 0 Å². The summed E-state index contributed by atoms with van der Waals surface area (Å²) in [5.74, 6) is -4.73. The summed E-state index contributed by atoms with van der Waals surface area (Å²) in [6.07, 6.45) is 0.197. The quantitative estimate of drug-likeness (QED) is 0.206. The van der Waals surface area contributed by atoms with E-state index in [9.17, 15) is 38.4 Å². The molecule has 6 rings (SSSR count). The molecule has 240 valence electrons. The van der Waals surface area contributed by atoms with Gasteiger partial charge in [0, 0.05) is 25.7 Å². The highest BCUT2D eigenvalue weighted by Gasteiger charge is 2.77. The third-order valence-corrected chi connectivity index (χ3v) is 10.0. The molecule has 0 aromatic carbocycles. The number of hydrogen-bond donors (Lipinski definition) is 0. The van der Waals surface area contributed by atoms with E-state index in [1.165, 1.54) is 41.9 Å². The lowest BCUT2D eigenvalue weighted by Gasteiger charge is -2.35. The van der Waals surface area contributed by atoms with Crippen molar-refractivity contribution in [1.29, 1.82) is 0 Å². The molecule has 0 bridgehead atoms. The summed E-state index contributed by atoms with van der Waals surface area (Å²) in [5, 5.41) is 0. The Labute approximate surface area is 251 Å². The van der Waals surface area contributed by atoms with Crippen LogP contribution in [-0.4, -0.2) is 120 Å². The molecule has 2 spiro atoms. The van der Waals surface area contributed by atoms with E-state index in [0.29, 0.717) is 0 Å². The van der Waals surface area contributed by atoms with Crippen molar-refractivity contribution in [2.24, 2.45) is 10.8 Å². The van der Waals surface area contributed by atoms with Crippen molar-refractivity contribution in [3.05, 3.63) is 0 Å². The highest BCUT2D eigenvalue weighted by atomic mass is 16.6.